The summed E-state index contributed by atoms with van der Waals surface area (Å²) in [6.45, 7) is 1.85. The number of halogens is 3. The Morgan fingerprint density at radius 3 is 2.25 bits per heavy atom. The van der Waals surface area contributed by atoms with E-state index >= 15 is 0 Å². The Kier molecular flexibility index (Phi) is 3.93. The van der Waals surface area contributed by atoms with Crippen LogP contribution >= 0.6 is 0 Å². The van der Waals surface area contributed by atoms with Crippen molar-refractivity contribution in [2.24, 2.45) is 4.99 Å². The summed E-state index contributed by atoms with van der Waals surface area (Å²) in [6.07, 6.45) is -2.76. The van der Waals surface area contributed by atoms with E-state index in [1.54, 1.807) is 7.05 Å². The van der Waals surface area contributed by atoms with E-state index in [1.807, 2.05) is 6.92 Å². The molecule has 0 radical (unpaired) electrons. The molecule has 0 fully saturated rings. The molecule has 5 heteroatoms. The second-order valence-electron chi connectivity index (χ2n) is 3.40. The number of aliphatic imine (C=N–C) groups is 1. The molecular formula is C11H13F3N2. The summed E-state index contributed by atoms with van der Waals surface area (Å²) in [4.78, 5) is 3.74. The number of hydrogen-bond donors (Lipinski definition) is 1. The Hall–Kier alpha value is -1.52. The van der Waals surface area contributed by atoms with Gasteiger partial charge in [0.2, 0.25) is 0 Å². The van der Waals surface area contributed by atoms with E-state index in [1.165, 1.54) is 18.5 Å². The van der Waals surface area contributed by atoms with Gasteiger partial charge in [-0.1, -0.05) is 12.1 Å². The summed E-state index contributed by atoms with van der Waals surface area (Å²) < 4.78 is 36.9. The number of nitrogens with zero attached hydrogens (tertiary/aromatic N) is 1. The molecule has 1 aromatic carbocycles. The molecule has 0 aliphatic carbocycles. The minimum absolute atomic E-state index is 0.0639. The van der Waals surface area contributed by atoms with Gasteiger partial charge in [-0.25, -0.2) is 0 Å². The summed E-state index contributed by atoms with van der Waals surface area (Å²) >= 11 is 0. The first-order chi connectivity index (χ1) is 7.45. The van der Waals surface area contributed by atoms with Crippen LogP contribution in [0.15, 0.2) is 29.3 Å². The van der Waals surface area contributed by atoms with Crippen LogP contribution in [-0.4, -0.2) is 13.4 Å². The second kappa shape index (κ2) is 5.01. The average molecular weight is 230 g/mol. The summed E-state index contributed by atoms with van der Waals surface area (Å²) in [7, 11) is 1.62. The van der Waals surface area contributed by atoms with Crippen LogP contribution in [0.2, 0.25) is 0 Å². The van der Waals surface area contributed by atoms with Crippen LogP contribution in [-0.2, 0) is 6.18 Å². The van der Waals surface area contributed by atoms with Crippen molar-refractivity contribution in [2.45, 2.75) is 19.1 Å². The first-order valence-electron chi connectivity index (χ1n) is 4.79. The zero-order chi connectivity index (χ0) is 12.2. The Morgan fingerprint density at radius 2 is 1.81 bits per heavy atom. The highest BCUT2D eigenvalue weighted by molar-refractivity contribution is 5.55. The van der Waals surface area contributed by atoms with Crippen LogP contribution in [0.3, 0.4) is 0 Å². The minimum atomic E-state index is -4.28. The molecular weight excluding hydrogens is 217 g/mol. The molecule has 0 unspecified atom stereocenters. The maximum absolute atomic E-state index is 12.3. The van der Waals surface area contributed by atoms with Crippen molar-refractivity contribution in [1.29, 1.82) is 0 Å². The normalized spacial score (nSPS) is 14.1. The van der Waals surface area contributed by atoms with E-state index in [4.69, 9.17) is 0 Å². The lowest BCUT2D eigenvalue weighted by Gasteiger charge is -2.13. The maximum Gasteiger partial charge on any atom is 0.416 e. The van der Waals surface area contributed by atoms with Crippen LogP contribution in [0.4, 0.5) is 13.2 Å². The van der Waals surface area contributed by atoms with Crippen molar-refractivity contribution >= 4 is 6.34 Å². The highest BCUT2D eigenvalue weighted by Crippen LogP contribution is 2.29. The topological polar surface area (TPSA) is 24.4 Å². The highest BCUT2D eigenvalue weighted by atomic mass is 19.4. The standard InChI is InChI=1S/C11H13F3N2/c1-8(16-7-15-2)9-3-5-10(6-4-9)11(12,13)14/h3-8H,1-2H3,(H,15,16)/t8-/m1/s1. The lowest BCUT2D eigenvalue weighted by atomic mass is 10.1. The van der Waals surface area contributed by atoms with Gasteiger partial charge >= 0.3 is 6.18 Å². The van der Waals surface area contributed by atoms with Gasteiger partial charge in [0, 0.05) is 13.1 Å². The summed E-state index contributed by atoms with van der Waals surface area (Å²) in [6, 6.07) is 5.02. The maximum atomic E-state index is 12.3. The molecule has 0 aliphatic rings. The van der Waals surface area contributed by atoms with E-state index < -0.39 is 11.7 Å². The fourth-order valence-corrected chi connectivity index (χ4v) is 1.24. The Bertz CT molecular complexity index is 354. The molecule has 2 nitrogen and oxygen atoms in total. The molecule has 1 rings (SSSR count). The third-order valence-electron chi connectivity index (χ3n) is 2.19. The van der Waals surface area contributed by atoms with Gasteiger partial charge in [-0.2, -0.15) is 13.2 Å². The van der Waals surface area contributed by atoms with Gasteiger partial charge in [-0.05, 0) is 24.6 Å². The zero-order valence-corrected chi connectivity index (χ0v) is 9.05. The van der Waals surface area contributed by atoms with Gasteiger partial charge in [0.1, 0.15) is 0 Å². The van der Waals surface area contributed by atoms with Gasteiger partial charge in [-0.3, -0.25) is 4.99 Å². The molecule has 1 aromatic rings. The first kappa shape index (κ1) is 12.5. The lowest BCUT2D eigenvalue weighted by molar-refractivity contribution is -0.137. The molecule has 1 atom stereocenters. The largest absolute Gasteiger partial charge is 0.416 e. The molecule has 1 N–H and O–H groups in total. The average Bonchev–Trinajstić information content (AvgIpc) is 2.25. The number of nitrogens with one attached hydrogen (secondary N) is 1. The van der Waals surface area contributed by atoms with Crippen LogP contribution in [0.25, 0.3) is 0 Å². The molecule has 16 heavy (non-hydrogen) atoms. The fraction of sp³-hybridized carbons (Fsp3) is 0.364. The number of alkyl halides is 3. The Labute approximate surface area is 92.2 Å². The number of hydrogen-bond acceptors (Lipinski definition) is 1. The van der Waals surface area contributed by atoms with E-state index in [-0.39, 0.29) is 6.04 Å². The summed E-state index contributed by atoms with van der Waals surface area (Å²) in [5, 5.41) is 2.93. The van der Waals surface area contributed by atoms with E-state index in [2.05, 4.69) is 10.3 Å². The van der Waals surface area contributed by atoms with Crippen LogP contribution < -0.4 is 5.32 Å². The van der Waals surface area contributed by atoms with Gasteiger partial charge in [0.25, 0.3) is 0 Å². The molecule has 0 aliphatic heterocycles. The third-order valence-corrected chi connectivity index (χ3v) is 2.19. The SMILES string of the molecule is CN=CN[C@H](C)c1ccc(C(F)(F)F)cc1. The molecule has 0 amide bonds. The van der Waals surface area contributed by atoms with E-state index in [0.29, 0.717) is 0 Å². The molecule has 0 saturated carbocycles. The van der Waals surface area contributed by atoms with Crippen LogP contribution in [0, 0.1) is 0 Å². The monoisotopic (exact) mass is 230 g/mol. The van der Waals surface area contributed by atoms with E-state index in [9.17, 15) is 13.2 Å². The zero-order valence-electron chi connectivity index (χ0n) is 9.05. The van der Waals surface area contributed by atoms with Crippen molar-refractivity contribution in [1.82, 2.24) is 5.32 Å². The molecule has 88 valence electrons. The molecule has 0 saturated heterocycles. The van der Waals surface area contributed by atoms with Gasteiger partial charge in [0.05, 0.1) is 11.9 Å². The second-order valence-corrected chi connectivity index (χ2v) is 3.40. The third kappa shape index (κ3) is 3.25. The van der Waals surface area contributed by atoms with Crippen molar-refractivity contribution < 1.29 is 13.2 Å². The van der Waals surface area contributed by atoms with E-state index in [0.717, 1.165) is 17.7 Å². The lowest BCUT2D eigenvalue weighted by Crippen LogP contribution is -2.16. The van der Waals surface area contributed by atoms with Gasteiger partial charge in [0.15, 0.2) is 0 Å². The Morgan fingerprint density at radius 1 is 1.25 bits per heavy atom. The fourth-order valence-electron chi connectivity index (χ4n) is 1.24. The van der Waals surface area contributed by atoms with Crippen molar-refractivity contribution in [3.63, 3.8) is 0 Å². The van der Waals surface area contributed by atoms with Crippen molar-refractivity contribution in [3.8, 4) is 0 Å². The van der Waals surface area contributed by atoms with Gasteiger partial charge < -0.3 is 5.32 Å². The van der Waals surface area contributed by atoms with Crippen molar-refractivity contribution in [2.75, 3.05) is 7.05 Å². The minimum Gasteiger partial charge on any atom is -0.370 e. The van der Waals surface area contributed by atoms with Gasteiger partial charge in [-0.15, -0.1) is 0 Å². The van der Waals surface area contributed by atoms with Crippen molar-refractivity contribution in [3.05, 3.63) is 35.4 Å². The van der Waals surface area contributed by atoms with Crippen LogP contribution in [0.5, 0.6) is 0 Å². The Balaban J connectivity index is 2.78. The molecule has 0 bridgehead atoms. The summed E-state index contributed by atoms with van der Waals surface area (Å²) in [5.74, 6) is 0. The predicted octanol–water partition coefficient (Wildman–Crippen LogP) is 3.01. The molecule has 0 aromatic heterocycles. The molecule has 0 heterocycles. The number of rotatable bonds is 3. The summed E-state index contributed by atoms with van der Waals surface area (Å²) in [5.41, 5.74) is 0.153. The number of benzene rings is 1. The first-order valence-corrected chi connectivity index (χ1v) is 4.79. The smallest absolute Gasteiger partial charge is 0.370 e. The predicted molar refractivity (Wildman–Crippen MR) is 57.4 cm³/mol. The highest BCUT2D eigenvalue weighted by Gasteiger charge is 2.30. The van der Waals surface area contributed by atoms with Crippen LogP contribution in [0.1, 0.15) is 24.1 Å². The molecule has 0 spiro atoms. The quantitative estimate of drug-likeness (QED) is 0.626.